The molecule has 1 aromatic rings. The molecule has 0 aliphatic carbocycles. The number of aromatic hydroxyl groups is 1. The normalized spacial score (nSPS) is 16.1. The summed E-state index contributed by atoms with van der Waals surface area (Å²) in [5.74, 6) is 0.646. The number of nitrogens with one attached hydrogen (secondary N) is 1. The standard InChI is InChI=1S/C15H21BrN2O2.2ClH/c1-3-4-13(18-7-5-17-6-8-18)11-9-12(16)15(19)14(10-11)20-2;;/h3,9-10,13,17,19H,1,4-8H2,2H3;2*1H/t13-;;/m1../s1. The number of phenols is 1. The zero-order chi connectivity index (χ0) is 14.5. The van der Waals surface area contributed by atoms with Crippen LogP contribution < -0.4 is 10.1 Å². The van der Waals surface area contributed by atoms with Crippen molar-refractivity contribution in [1.82, 2.24) is 10.2 Å². The van der Waals surface area contributed by atoms with E-state index in [1.807, 2.05) is 18.2 Å². The van der Waals surface area contributed by atoms with E-state index >= 15 is 0 Å². The van der Waals surface area contributed by atoms with Crippen LogP contribution in [0.4, 0.5) is 0 Å². The number of ether oxygens (including phenoxy) is 1. The zero-order valence-electron chi connectivity index (χ0n) is 12.5. The number of hydrogen-bond acceptors (Lipinski definition) is 4. The Morgan fingerprint density at radius 3 is 2.59 bits per heavy atom. The number of methoxy groups -OCH3 is 1. The SMILES string of the molecule is C=CC[C@H](c1cc(Br)c(O)c(OC)c1)N1CCNCC1.Cl.Cl. The van der Waals surface area contributed by atoms with Crippen molar-refractivity contribution in [3.05, 3.63) is 34.8 Å². The molecule has 2 N–H and O–H groups in total. The monoisotopic (exact) mass is 412 g/mol. The average molecular weight is 414 g/mol. The molecule has 22 heavy (non-hydrogen) atoms. The summed E-state index contributed by atoms with van der Waals surface area (Å²) >= 11 is 3.39. The van der Waals surface area contributed by atoms with Gasteiger partial charge in [0.05, 0.1) is 11.6 Å². The molecule has 0 bridgehead atoms. The molecular weight excluding hydrogens is 391 g/mol. The Morgan fingerprint density at radius 2 is 2.05 bits per heavy atom. The molecule has 1 atom stereocenters. The van der Waals surface area contributed by atoms with Gasteiger partial charge in [0.25, 0.3) is 0 Å². The lowest BCUT2D eigenvalue weighted by Crippen LogP contribution is -2.45. The summed E-state index contributed by atoms with van der Waals surface area (Å²) in [5, 5.41) is 13.3. The Labute approximate surface area is 152 Å². The lowest BCUT2D eigenvalue weighted by atomic mass is 10.0. The smallest absolute Gasteiger partial charge is 0.172 e. The third-order valence-electron chi connectivity index (χ3n) is 3.64. The first-order chi connectivity index (χ1) is 9.67. The number of phenolic OH excluding ortho intramolecular Hbond substituents is 1. The third kappa shape index (κ3) is 5.03. The summed E-state index contributed by atoms with van der Waals surface area (Å²) in [6, 6.07) is 4.14. The minimum Gasteiger partial charge on any atom is -0.503 e. The largest absolute Gasteiger partial charge is 0.503 e. The second-order valence-electron chi connectivity index (χ2n) is 4.88. The van der Waals surface area contributed by atoms with Crippen LogP contribution in [0.5, 0.6) is 11.5 Å². The fourth-order valence-corrected chi connectivity index (χ4v) is 3.05. The third-order valence-corrected chi connectivity index (χ3v) is 4.24. The second kappa shape index (κ2) is 10.3. The minimum atomic E-state index is 0. The number of rotatable bonds is 5. The number of halogens is 3. The van der Waals surface area contributed by atoms with E-state index in [9.17, 15) is 5.11 Å². The molecule has 0 spiro atoms. The maximum Gasteiger partial charge on any atom is 0.172 e. The molecule has 1 aliphatic rings. The van der Waals surface area contributed by atoms with E-state index in [4.69, 9.17) is 4.74 Å². The lowest BCUT2D eigenvalue weighted by Gasteiger charge is -2.35. The van der Waals surface area contributed by atoms with Gasteiger partial charge in [0.2, 0.25) is 0 Å². The van der Waals surface area contributed by atoms with Crippen LogP contribution in [0.25, 0.3) is 0 Å². The summed E-state index contributed by atoms with van der Waals surface area (Å²) in [7, 11) is 1.57. The molecule has 1 heterocycles. The Kier molecular flexibility index (Phi) is 10.1. The highest BCUT2D eigenvalue weighted by Gasteiger charge is 2.23. The van der Waals surface area contributed by atoms with E-state index < -0.39 is 0 Å². The van der Waals surface area contributed by atoms with Crippen molar-refractivity contribution >= 4 is 40.7 Å². The van der Waals surface area contributed by atoms with Gasteiger partial charge in [0.1, 0.15) is 0 Å². The maximum atomic E-state index is 9.93. The van der Waals surface area contributed by atoms with Gasteiger partial charge in [-0.2, -0.15) is 0 Å². The summed E-state index contributed by atoms with van der Waals surface area (Å²) in [5.41, 5.74) is 1.13. The predicted molar refractivity (Wildman–Crippen MR) is 98.9 cm³/mol. The van der Waals surface area contributed by atoms with E-state index in [0.717, 1.165) is 38.2 Å². The van der Waals surface area contributed by atoms with E-state index in [1.165, 1.54) is 0 Å². The van der Waals surface area contributed by atoms with Crippen LogP contribution in [0.3, 0.4) is 0 Å². The molecule has 2 rings (SSSR count). The highest BCUT2D eigenvalue weighted by atomic mass is 79.9. The fourth-order valence-electron chi connectivity index (χ4n) is 2.59. The van der Waals surface area contributed by atoms with E-state index in [0.29, 0.717) is 10.2 Å². The summed E-state index contributed by atoms with van der Waals surface area (Å²) < 4.78 is 5.91. The van der Waals surface area contributed by atoms with E-state index in [-0.39, 0.29) is 36.6 Å². The molecule has 7 heteroatoms. The average Bonchev–Trinajstić information content (AvgIpc) is 2.48. The van der Waals surface area contributed by atoms with Gasteiger partial charge >= 0.3 is 0 Å². The van der Waals surface area contributed by atoms with Gasteiger partial charge in [-0.15, -0.1) is 31.4 Å². The van der Waals surface area contributed by atoms with Gasteiger partial charge < -0.3 is 15.2 Å². The van der Waals surface area contributed by atoms with Crippen molar-refractivity contribution in [3.63, 3.8) is 0 Å². The van der Waals surface area contributed by atoms with Crippen LogP contribution in [0.1, 0.15) is 18.0 Å². The van der Waals surface area contributed by atoms with E-state index in [1.54, 1.807) is 7.11 Å². The van der Waals surface area contributed by atoms with E-state index in [2.05, 4.69) is 32.7 Å². The van der Waals surface area contributed by atoms with Crippen LogP contribution in [0, 0.1) is 0 Å². The summed E-state index contributed by atoms with van der Waals surface area (Å²) in [4.78, 5) is 2.44. The topological polar surface area (TPSA) is 44.7 Å². The zero-order valence-corrected chi connectivity index (χ0v) is 15.8. The van der Waals surface area contributed by atoms with Crippen molar-refractivity contribution < 1.29 is 9.84 Å². The molecule has 1 aromatic carbocycles. The van der Waals surface area contributed by atoms with Crippen molar-refractivity contribution in [1.29, 1.82) is 0 Å². The Morgan fingerprint density at radius 1 is 1.41 bits per heavy atom. The van der Waals surface area contributed by atoms with Crippen molar-refractivity contribution in [3.8, 4) is 11.5 Å². The first-order valence-corrected chi connectivity index (χ1v) is 7.58. The number of piperazine rings is 1. The van der Waals surface area contributed by atoms with Gasteiger partial charge in [0.15, 0.2) is 11.5 Å². The first-order valence-electron chi connectivity index (χ1n) is 6.79. The van der Waals surface area contributed by atoms with Gasteiger partial charge in [-0.1, -0.05) is 6.08 Å². The fraction of sp³-hybridized carbons (Fsp3) is 0.467. The van der Waals surface area contributed by atoms with Crippen LogP contribution >= 0.6 is 40.7 Å². The number of hydrogen-bond donors (Lipinski definition) is 2. The van der Waals surface area contributed by atoms with Crippen molar-refractivity contribution in [2.75, 3.05) is 33.3 Å². The second-order valence-corrected chi connectivity index (χ2v) is 5.73. The number of benzene rings is 1. The molecule has 1 saturated heterocycles. The molecule has 0 aromatic heterocycles. The van der Waals surface area contributed by atoms with Crippen LogP contribution in [-0.2, 0) is 0 Å². The molecule has 1 aliphatic heterocycles. The molecule has 1 fully saturated rings. The molecule has 126 valence electrons. The first kappa shape index (κ1) is 21.5. The van der Waals surface area contributed by atoms with Crippen molar-refractivity contribution in [2.24, 2.45) is 0 Å². The molecule has 0 amide bonds. The highest BCUT2D eigenvalue weighted by molar-refractivity contribution is 9.10. The van der Waals surface area contributed by atoms with Gasteiger partial charge in [-0.3, -0.25) is 4.90 Å². The van der Waals surface area contributed by atoms with Gasteiger partial charge in [0, 0.05) is 32.2 Å². The lowest BCUT2D eigenvalue weighted by molar-refractivity contribution is 0.174. The molecule has 0 saturated carbocycles. The summed E-state index contributed by atoms with van der Waals surface area (Å²) in [6.45, 7) is 7.90. The Bertz CT molecular complexity index is 483. The molecule has 4 nitrogen and oxygen atoms in total. The molecular formula is C15H23BrCl2N2O2. The van der Waals surface area contributed by atoms with Crippen LogP contribution in [-0.4, -0.2) is 43.3 Å². The maximum absolute atomic E-state index is 9.93. The quantitative estimate of drug-likeness (QED) is 0.724. The minimum absolute atomic E-state index is 0. The van der Waals surface area contributed by atoms with Crippen LogP contribution in [0.15, 0.2) is 29.3 Å². The molecule has 0 radical (unpaired) electrons. The highest BCUT2D eigenvalue weighted by Crippen LogP contribution is 2.38. The predicted octanol–water partition coefficient (Wildman–Crippen LogP) is 3.53. The number of nitrogens with zero attached hydrogens (tertiary/aromatic N) is 1. The molecule has 0 unspecified atom stereocenters. The Balaban J connectivity index is 0.00000220. The van der Waals surface area contributed by atoms with Gasteiger partial charge in [-0.05, 0) is 40.0 Å². The van der Waals surface area contributed by atoms with Gasteiger partial charge in [-0.25, -0.2) is 0 Å². The van der Waals surface area contributed by atoms with Crippen molar-refractivity contribution in [2.45, 2.75) is 12.5 Å². The van der Waals surface area contributed by atoms with Crippen LogP contribution in [0.2, 0.25) is 0 Å². The summed E-state index contributed by atoms with van der Waals surface area (Å²) in [6.07, 6.45) is 2.82. The Hall–Kier alpha value is -0.460.